The van der Waals surface area contributed by atoms with Gasteiger partial charge in [-0.15, -0.1) is 0 Å². The number of aryl methyl sites for hydroxylation is 2. The molecule has 0 spiro atoms. The highest BCUT2D eigenvalue weighted by molar-refractivity contribution is 7.89. The molecule has 0 saturated carbocycles. The van der Waals surface area contributed by atoms with Gasteiger partial charge in [0, 0.05) is 33.9 Å². The number of rotatable bonds is 8. The van der Waals surface area contributed by atoms with Gasteiger partial charge in [-0.2, -0.15) is 0 Å². The molecule has 0 heterocycles. The summed E-state index contributed by atoms with van der Waals surface area (Å²) in [7, 11) is 1.62. The van der Waals surface area contributed by atoms with Crippen LogP contribution in [0.25, 0.3) is 0 Å². The lowest BCUT2D eigenvalue weighted by Gasteiger charge is -2.20. The van der Waals surface area contributed by atoms with Crippen LogP contribution in [0, 0.1) is 13.8 Å². The molecule has 21 heavy (non-hydrogen) atoms. The van der Waals surface area contributed by atoms with Crippen molar-refractivity contribution >= 4 is 10.0 Å². The molecule has 0 unspecified atom stereocenters. The van der Waals surface area contributed by atoms with Crippen LogP contribution in [-0.4, -0.2) is 47.1 Å². The Morgan fingerprint density at radius 1 is 1.24 bits per heavy atom. The summed E-state index contributed by atoms with van der Waals surface area (Å²) in [5.41, 5.74) is 2.89. The second kappa shape index (κ2) is 7.89. The van der Waals surface area contributed by atoms with Crippen LogP contribution in [0.1, 0.15) is 23.1 Å². The van der Waals surface area contributed by atoms with Crippen molar-refractivity contribution in [1.82, 2.24) is 9.62 Å². The normalized spacial score (nSPS) is 12.1. The molecule has 1 N–H and O–H groups in total. The van der Waals surface area contributed by atoms with Gasteiger partial charge >= 0.3 is 0 Å². The molecule has 0 aromatic heterocycles. The van der Waals surface area contributed by atoms with E-state index in [2.05, 4.69) is 5.32 Å². The van der Waals surface area contributed by atoms with Crippen LogP contribution in [0.15, 0.2) is 17.0 Å². The van der Waals surface area contributed by atoms with Gasteiger partial charge in [0.25, 0.3) is 0 Å². The van der Waals surface area contributed by atoms with Crippen molar-refractivity contribution in [3.8, 4) is 0 Å². The maximum absolute atomic E-state index is 12.7. The van der Waals surface area contributed by atoms with E-state index >= 15 is 0 Å². The van der Waals surface area contributed by atoms with Crippen LogP contribution in [0.4, 0.5) is 0 Å². The van der Waals surface area contributed by atoms with Crippen molar-refractivity contribution in [1.29, 1.82) is 0 Å². The van der Waals surface area contributed by atoms with E-state index < -0.39 is 10.0 Å². The highest BCUT2D eigenvalue weighted by Gasteiger charge is 2.23. The van der Waals surface area contributed by atoms with Crippen LogP contribution >= 0.6 is 0 Å². The predicted octanol–water partition coefficient (Wildman–Crippen LogP) is 1.68. The SMILES string of the molecule is CNCc1cc(S(=O)(=O)N(C)CCCOC)c(C)cc1C. The molecule has 0 atom stereocenters. The Hall–Kier alpha value is -0.950. The summed E-state index contributed by atoms with van der Waals surface area (Å²) in [6.07, 6.45) is 0.681. The van der Waals surface area contributed by atoms with Gasteiger partial charge in [0.05, 0.1) is 4.90 Å². The van der Waals surface area contributed by atoms with Gasteiger partial charge in [-0.3, -0.25) is 0 Å². The predicted molar refractivity (Wildman–Crippen MR) is 85.0 cm³/mol. The number of nitrogens with one attached hydrogen (secondary N) is 1. The highest BCUT2D eigenvalue weighted by Crippen LogP contribution is 2.23. The van der Waals surface area contributed by atoms with E-state index in [0.717, 1.165) is 16.7 Å². The standard InChI is InChI=1S/C15H26N2O3S/c1-12-9-13(2)15(10-14(12)11-16-3)21(18,19)17(4)7-6-8-20-5/h9-10,16H,6-8,11H2,1-5H3. The molecule has 0 aliphatic rings. The first-order valence-electron chi connectivity index (χ1n) is 7.04. The van der Waals surface area contributed by atoms with Crippen molar-refractivity contribution in [2.24, 2.45) is 0 Å². The zero-order valence-electron chi connectivity index (χ0n) is 13.6. The molecule has 120 valence electrons. The minimum absolute atomic E-state index is 0.387. The summed E-state index contributed by atoms with van der Waals surface area (Å²) >= 11 is 0. The fourth-order valence-electron chi connectivity index (χ4n) is 2.25. The average molecular weight is 314 g/mol. The molecule has 0 radical (unpaired) electrons. The molecular weight excluding hydrogens is 288 g/mol. The van der Waals surface area contributed by atoms with Crippen molar-refractivity contribution < 1.29 is 13.2 Å². The molecule has 5 nitrogen and oxygen atoms in total. The average Bonchev–Trinajstić information content (AvgIpc) is 2.41. The van der Waals surface area contributed by atoms with Crippen LogP contribution in [0.2, 0.25) is 0 Å². The molecule has 6 heteroatoms. The maximum atomic E-state index is 12.7. The van der Waals surface area contributed by atoms with Crippen molar-refractivity contribution in [2.45, 2.75) is 31.7 Å². The summed E-state index contributed by atoms with van der Waals surface area (Å²) in [6, 6.07) is 3.71. The van der Waals surface area contributed by atoms with E-state index in [1.165, 1.54) is 4.31 Å². The van der Waals surface area contributed by atoms with Crippen LogP contribution in [0.3, 0.4) is 0 Å². The lowest BCUT2D eigenvalue weighted by atomic mass is 10.1. The number of ether oxygens (including phenoxy) is 1. The Balaban J connectivity index is 3.09. The van der Waals surface area contributed by atoms with Crippen molar-refractivity contribution in [3.05, 3.63) is 28.8 Å². The van der Waals surface area contributed by atoms with Gasteiger partial charge in [0.15, 0.2) is 0 Å². The van der Waals surface area contributed by atoms with E-state index in [1.54, 1.807) is 20.2 Å². The summed E-state index contributed by atoms with van der Waals surface area (Å²) in [5.74, 6) is 0. The topological polar surface area (TPSA) is 58.6 Å². The summed E-state index contributed by atoms with van der Waals surface area (Å²) in [6.45, 7) is 5.50. The number of hydrogen-bond acceptors (Lipinski definition) is 4. The van der Waals surface area contributed by atoms with E-state index in [9.17, 15) is 8.42 Å². The van der Waals surface area contributed by atoms with E-state index in [0.29, 0.717) is 31.0 Å². The fraction of sp³-hybridized carbons (Fsp3) is 0.600. The molecule has 0 amide bonds. The monoisotopic (exact) mass is 314 g/mol. The number of sulfonamides is 1. The van der Waals surface area contributed by atoms with Crippen LogP contribution in [0.5, 0.6) is 0 Å². The van der Waals surface area contributed by atoms with Crippen LogP contribution < -0.4 is 5.32 Å². The molecule has 0 saturated heterocycles. The highest BCUT2D eigenvalue weighted by atomic mass is 32.2. The number of methoxy groups -OCH3 is 1. The Labute approximate surface area is 128 Å². The van der Waals surface area contributed by atoms with Gasteiger partial charge < -0.3 is 10.1 Å². The number of hydrogen-bond donors (Lipinski definition) is 1. The Morgan fingerprint density at radius 2 is 1.90 bits per heavy atom. The first-order chi connectivity index (χ1) is 9.84. The van der Waals surface area contributed by atoms with E-state index in [1.807, 2.05) is 27.0 Å². The smallest absolute Gasteiger partial charge is 0.243 e. The zero-order valence-corrected chi connectivity index (χ0v) is 14.4. The van der Waals surface area contributed by atoms with Crippen LogP contribution in [-0.2, 0) is 21.3 Å². The zero-order chi connectivity index (χ0) is 16.0. The molecule has 1 aromatic rings. The second-order valence-electron chi connectivity index (χ2n) is 5.25. The minimum Gasteiger partial charge on any atom is -0.385 e. The van der Waals surface area contributed by atoms with Crippen molar-refractivity contribution in [2.75, 3.05) is 34.4 Å². The summed E-state index contributed by atoms with van der Waals surface area (Å²) in [4.78, 5) is 0.387. The quantitative estimate of drug-likeness (QED) is 0.742. The molecule has 1 aromatic carbocycles. The third kappa shape index (κ3) is 4.51. The van der Waals surface area contributed by atoms with Gasteiger partial charge in [-0.1, -0.05) is 6.07 Å². The Bertz CT molecular complexity index is 571. The summed E-state index contributed by atoms with van der Waals surface area (Å²) < 4.78 is 31.7. The molecule has 0 bridgehead atoms. The van der Waals surface area contributed by atoms with Gasteiger partial charge in [-0.05, 0) is 50.1 Å². The molecule has 0 aliphatic carbocycles. The largest absolute Gasteiger partial charge is 0.385 e. The second-order valence-corrected chi connectivity index (χ2v) is 7.26. The Kier molecular flexibility index (Phi) is 6.80. The molecule has 1 rings (SSSR count). The van der Waals surface area contributed by atoms with Crippen molar-refractivity contribution in [3.63, 3.8) is 0 Å². The first-order valence-corrected chi connectivity index (χ1v) is 8.48. The first kappa shape index (κ1) is 18.1. The third-order valence-corrected chi connectivity index (χ3v) is 5.51. The lowest BCUT2D eigenvalue weighted by molar-refractivity contribution is 0.189. The van der Waals surface area contributed by atoms with Gasteiger partial charge in [-0.25, -0.2) is 12.7 Å². The number of benzene rings is 1. The summed E-state index contributed by atoms with van der Waals surface area (Å²) in [5, 5.41) is 3.07. The lowest BCUT2D eigenvalue weighted by Crippen LogP contribution is -2.29. The Morgan fingerprint density at radius 3 is 2.48 bits per heavy atom. The maximum Gasteiger partial charge on any atom is 0.243 e. The molecular formula is C15H26N2O3S. The third-order valence-electron chi connectivity index (χ3n) is 3.51. The molecule has 0 fully saturated rings. The fourth-order valence-corrected chi connectivity index (χ4v) is 3.72. The van der Waals surface area contributed by atoms with E-state index in [4.69, 9.17) is 4.74 Å². The molecule has 0 aliphatic heterocycles. The van der Waals surface area contributed by atoms with E-state index in [-0.39, 0.29) is 0 Å². The van der Waals surface area contributed by atoms with Gasteiger partial charge in [0.1, 0.15) is 0 Å². The number of nitrogens with zero attached hydrogens (tertiary/aromatic N) is 1. The minimum atomic E-state index is -3.46. The van der Waals surface area contributed by atoms with Gasteiger partial charge in [0.2, 0.25) is 10.0 Å².